The number of amides is 4. The second kappa shape index (κ2) is 12.6. The molecule has 4 amide bonds. The first-order valence-corrected chi connectivity index (χ1v) is 13.0. The molecule has 0 saturated heterocycles. The van der Waals surface area contributed by atoms with E-state index in [1.165, 1.54) is 4.90 Å². The maximum Gasteiger partial charge on any atom is 0.408 e. The van der Waals surface area contributed by atoms with E-state index in [4.69, 9.17) is 15.2 Å². The Labute approximate surface area is 229 Å². The van der Waals surface area contributed by atoms with Gasteiger partial charge in [-0.25, -0.2) is 4.79 Å². The molecule has 1 fully saturated rings. The summed E-state index contributed by atoms with van der Waals surface area (Å²) in [6.07, 6.45) is 0.461. The molecule has 210 valence electrons. The summed E-state index contributed by atoms with van der Waals surface area (Å²) < 4.78 is 10.6. The maximum atomic E-state index is 14.1. The van der Waals surface area contributed by atoms with Gasteiger partial charge in [-0.2, -0.15) is 0 Å². The van der Waals surface area contributed by atoms with Crippen molar-refractivity contribution in [3.05, 3.63) is 59.7 Å². The standard InChI is InChI=1S/C29H38N4O6/c1-18-7-6-8-19(17-18)25(26(35)31-20-9-13-22(38-5)14-10-20)33(21-11-12-21)27(36)23(15-16-24(30)34)32-28(37)39-29(2,3)4/h6-10,13-14,17,21,23,25H,11-12,15-16H2,1-5H3,(H2,30,34)(H,31,35)(H,32,37). The number of ether oxygens (including phenoxy) is 2. The lowest BCUT2D eigenvalue weighted by Crippen LogP contribution is -2.53. The number of benzene rings is 2. The Morgan fingerprint density at radius 3 is 2.28 bits per heavy atom. The van der Waals surface area contributed by atoms with Crippen molar-refractivity contribution in [1.29, 1.82) is 0 Å². The van der Waals surface area contributed by atoms with E-state index in [0.717, 1.165) is 5.56 Å². The van der Waals surface area contributed by atoms with Crippen molar-refractivity contribution in [1.82, 2.24) is 10.2 Å². The van der Waals surface area contributed by atoms with E-state index in [-0.39, 0.29) is 18.9 Å². The molecule has 0 spiro atoms. The fraction of sp³-hybridized carbons (Fsp3) is 0.448. The molecule has 10 heteroatoms. The van der Waals surface area contributed by atoms with Crippen LogP contribution in [0.25, 0.3) is 0 Å². The van der Waals surface area contributed by atoms with E-state index >= 15 is 0 Å². The van der Waals surface area contributed by atoms with E-state index in [1.54, 1.807) is 58.2 Å². The van der Waals surface area contributed by atoms with Gasteiger partial charge in [0.1, 0.15) is 23.4 Å². The molecule has 0 radical (unpaired) electrons. The summed E-state index contributed by atoms with van der Waals surface area (Å²) in [7, 11) is 1.56. The Bertz CT molecular complexity index is 1190. The van der Waals surface area contributed by atoms with Crippen molar-refractivity contribution >= 4 is 29.5 Å². The van der Waals surface area contributed by atoms with E-state index < -0.39 is 41.5 Å². The van der Waals surface area contributed by atoms with Gasteiger partial charge in [-0.05, 0) is 76.8 Å². The second-order valence-corrected chi connectivity index (χ2v) is 10.7. The number of aryl methyl sites for hydroxylation is 1. The Morgan fingerprint density at radius 2 is 1.74 bits per heavy atom. The monoisotopic (exact) mass is 538 g/mol. The lowest BCUT2D eigenvalue weighted by molar-refractivity contribution is -0.141. The average molecular weight is 539 g/mol. The first kappa shape index (κ1) is 29.5. The molecule has 3 rings (SSSR count). The minimum atomic E-state index is -1.12. The van der Waals surface area contributed by atoms with Crippen LogP contribution in [0.5, 0.6) is 5.75 Å². The van der Waals surface area contributed by atoms with Crippen LogP contribution in [0.1, 0.15) is 63.6 Å². The van der Waals surface area contributed by atoms with Crippen molar-refractivity contribution in [3.8, 4) is 5.75 Å². The number of primary amides is 1. The van der Waals surface area contributed by atoms with Crippen LogP contribution in [-0.2, 0) is 19.1 Å². The van der Waals surface area contributed by atoms with Crippen molar-refractivity contribution in [3.63, 3.8) is 0 Å². The van der Waals surface area contributed by atoms with Crippen LogP contribution in [0.4, 0.5) is 10.5 Å². The smallest absolute Gasteiger partial charge is 0.408 e. The number of hydrogen-bond acceptors (Lipinski definition) is 6. The number of nitrogens with zero attached hydrogens (tertiary/aromatic N) is 1. The van der Waals surface area contributed by atoms with E-state index in [9.17, 15) is 19.2 Å². The molecule has 2 unspecified atom stereocenters. The highest BCUT2D eigenvalue weighted by atomic mass is 16.6. The predicted molar refractivity (Wildman–Crippen MR) is 147 cm³/mol. The van der Waals surface area contributed by atoms with Gasteiger partial charge >= 0.3 is 6.09 Å². The molecule has 2 aromatic carbocycles. The number of carbonyl (C=O) groups is 4. The maximum absolute atomic E-state index is 14.1. The Kier molecular flexibility index (Phi) is 9.56. The molecule has 0 heterocycles. The number of nitrogens with one attached hydrogen (secondary N) is 2. The number of methoxy groups -OCH3 is 1. The Morgan fingerprint density at radius 1 is 1.08 bits per heavy atom. The van der Waals surface area contributed by atoms with Gasteiger partial charge in [0.05, 0.1) is 7.11 Å². The molecule has 1 saturated carbocycles. The van der Waals surface area contributed by atoms with Gasteiger partial charge in [-0.3, -0.25) is 14.4 Å². The van der Waals surface area contributed by atoms with Gasteiger partial charge in [0, 0.05) is 18.2 Å². The van der Waals surface area contributed by atoms with Crippen LogP contribution in [0.15, 0.2) is 48.5 Å². The highest BCUT2D eigenvalue weighted by Crippen LogP contribution is 2.36. The molecule has 0 aliphatic heterocycles. The lowest BCUT2D eigenvalue weighted by atomic mass is 9.99. The lowest BCUT2D eigenvalue weighted by Gasteiger charge is -2.34. The van der Waals surface area contributed by atoms with E-state index in [2.05, 4.69) is 10.6 Å². The number of carbonyl (C=O) groups excluding carboxylic acids is 4. The minimum absolute atomic E-state index is 0.0305. The summed E-state index contributed by atoms with van der Waals surface area (Å²) in [5.74, 6) is -0.856. The zero-order valence-electron chi connectivity index (χ0n) is 23.2. The van der Waals surface area contributed by atoms with Crippen molar-refractivity contribution in [2.45, 2.75) is 77.1 Å². The molecule has 4 N–H and O–H groups in total. The molecular formula is C29H38N4O6. The molecule has 2 atom stereocenters. The predicted octanol–water partition coefficient (Wildman–Crippen LogP) is 3.83. The molecule has 1 aliphatic carbocycles. The second-order valence-electron chi connectivity index (χ2n) is 10.7. The van der Waals surface area contributed by atoms with Crippen LogP contribution in [0.3, 0.4) is 0 Å². The molecule has 39 heavy (non-hydrogen) atoms. The molecule has 1 aliphatic rings. The summed E-state index contributed by atoms with van der Waals surface area (Å²) in [5, 5.41) is 5.52. The van der Waals surface area contributed by atoms with Crippen LogP contribution in [-0.4, -0.2) is 53.5 Å². The third-order valence-electron chi connectivity index (χ3n) is 6.11. The molecule has 0 aromatic heterocycles. The molecule has 10 nitrogen and oxygen atoms in total. The largest absolute Gasteiger partial charge is 0.497 e. The van der Waals surface area contributed by atoms with Gasteiger partial charge in [-0.15, -0.1) is 0 Å². The summed E-state index contributed by atoms with van der Waals surface area (Å²) >= 11 is 0. The Hall–Kier alpha value is -4.08. The first-order valence-electron chi connectivity index (χ1n) is 13.0. The van der Waals surface area contributed by atoms with Crippen molar-refractivity contribution in [2.24, 2.45) is 5.73 Å². The first-order chi connectivity index (χ1) is 18.4. The summed E-state index contributed by atoms with van der Waals surface area (Å²) in [6.45, 7) is 7.03. The summed E-state index contributed by atoms with van der Waals surface area (Å²) in [5.41, 5.74) is 6.67. The molecule has 2 aromatic rings. The normalized spacial score (nSPS) is 14.5. The van der Waals surface area contributed by atoms with Gasteiger partial charge in [0.2, 0.25) is 11.8 Å². The van der Waals surface area contributed by atoms with Crippen LogP contribution in [0.2, 0.25) is 0 Å². The Balaban J connectivity index is 1.97. The fourth-order valence-electron chi connectivity index (χ4n) is 4.21. The van der Waals surface area contributed by atoms with Gasteiger partial charge < -0.3 is 30.7 Å². The van der Waals surface area contributed by atoms with Crippen molar-refractivity contribution < 1.29 is 28.7 Å². The summed E-state index contributed by atoms with van der Waals surface area (Å²) in [4.78, 5) is 53.7. The van der Waals surface area contributed by atoms with Crippen LogP contribution >= 0.6 is 0 Å². The third-order valence-corrected chi connectivity index (χ3v) is 6.11. The zero-order valence-corrected chi connectivity index (χ0v) is 23.2. The number of rotatable bonds is 11. The van der Waals surface area contributed by atoms with Crippen LogP contribution < -0.4 is 21.1 Å². The quantitative estimate of drug-likeness (QED) is 0.397. The number of alkyl carbamates (subject to hydrolysis) is 1. The van der Waals surface area contributed by atoms with Gasteiger partial charge in [-0.1, -0.05) is 29.8 Å². The molecule has 0 bridgehead atoms. The molecular weight excluding hydrogens is 500 g/mol. The highest BCUT2D eigenvalue weighted by Gasteiger charge is 2.44. The number of nitrogens with two attached hydrogens (primary N) is 1. The van der Waals surface area contributed by atoms with E-state index in [1.807, 2.05) is 25.1 Å². The van der Waals surface area contributed by atoms with Crippen molar-refractivity contribution in [2.75, 3.05) is 12.4 Å². The highest BCUT2D eigenvalue weighted by molar-refractivity contribution is 5.99. The number of hydrogen-bond donors (Lipinski definition) is 3. The number of anilines is 1. The van der Waals surface area contributed by atoms with Gasteiger partial charge in [0.25, 0.3) is 5.91 Å². The SMILES string of the molecule is COc1ccc(NC(=O)C(c2cccc(C)c2)N(C(=O)C(CCC(N)=O)NC(=O)OC(C)(C)C)C2CC2)cc1. The zero-order chi connectivity index (χ0) is 28.7. The topological polar surface area (TPSA) is 140 Å². The summed E-state index contributed by atoms with van der Waals surface area (Å²) in [6, 6.07) is 12.0. The van der Waals surface area contributed by atoms with Crippen LogP contribution in [0, 0.1) is 6.92 Å². The average Bonchev–Trinajstić information content (AvgIpc) is 3.69. The van der Waals surface area contributed by atoms with Gasteiger partial charge in [0.15, 0.2) is 0 Å². The third kappa shape index (κ3) is 8.73. The fourth-order valence-corrected chi connectivity index (χ4v) is 4.21. The van der Waals surface area contributed by atoms with E-state index in [0.29, 0.717) is 29.8 Å². The minimum Gasteiger partial charge on any atom is -0.497 e.